The SMILES string of the molecule is COc1cc2c(C)cc1CSSCc1cc(OC)c(cc1C)CSSCc1cc(C)c(cc1OC)CSSCc1cc(C)c(cc1OC)CSSC2. The quantitative estimate of drug-likeness (QED) is 0.184. The molecule has 52 heavy (non-hydrogen) atoms. The zero-order valence-corrected chi connectivity index (χ0v) is 37.7. The van der Waals surface area contributed by atoms with Crippen molar-refractivity contribution in [2.75, 3.05) is 28.4 Å². The number of aryl methyl sites for hydroxylation is 4. The number of hydrogen-bond donors (Lipinski definition) is 0. The molecule has 0 unspecified atom stereocenters. The lowest BCUT2D eigenvalue weighted by atomic mass is 10.1. The Bertz CT molecular complexity index is 1680. The summed E-state index contributed by atoms with van der Waals surface area (Å²) in [5, 5.41) is 0. The highest BCUT2D eigenvalue weighted by Crippen LogP contribution is 2.41. The van der Waals surface area contributed by atoms with E-state index < -0.39 is 0 Å². The van der Waals surface area contributed by atoms with Crippen molar-refractivity contribution >= 4 is 86.4 Å². The van der Waals surface area contributed by atoms with Crippen LogP contribution in [0.15, 0.2) is 48.5 Å². The summed E-state index contributed by atoms with van der Waals surface area (Å²) in [7, 11) is 22.2. The first kappa shape index (κ1) is 42.0. The van der Waals surface area contributed by atoms with Gasteiger partial charge in [-0.2, -0.15) is 0 Å². The third-order valence-corrected chi connectivity index (χ3v) is 17.9. The highest BCUT2D eigenvalue weighted by Gasteiger charge is 2.15. The average Bonchev–Trinajstić information content (AvgIpc) is 3.14. The molecule has 0 fully saturated rings. The second kappa shape index (κ2) is 21.3. The molecule has 14 rings (SSSR count). The molecule has 0 aromatic heterocycles. The summed E-state index contributed by atoms with van der Waals surface area (Å²) in [6.45, 7) is 8.88. The second-order valence-electron chi connectivity index (χ2n) is 12.5. The largest absolute Gasteiger partial charge is 0.496 e. The van der Waals surface area contributed by atoms with Crippen molar-refractivity contribution in [3.8, 4) is 23.0 Å². The van der Waals surface area contributed by atoms with E-state index in [1.165, 1.54) is 66.8 Å². The number of methoxy groups -OCH3 is 4. The number of hydrogen-bond acceptors (Lipinski definition) is 12. The Kier molecular flexibility index (Phi) is 17.2. The topological polar surface area (TPSA) is 36.9 Å². The Morgan fingerprint density at radius 1 is 0.288 bits per heavy atom. The van der Waals surface area contributed by atoms with Crippen LogP contribution in [0, 0.1) is 27.7 Å². The van der Waals surface area contributed by atoms with Gasteiger partial charge in [-0.3, -0.25) is 0 Å². The lowest BCUT2D eigenvalue weighted by Gasteiger charge is -2.16. The average molecular weight is 849 g/mol. The van der Waals surface area contributed by atoms with Crippen molar-refractivity contribution in [2.24, 2.45) is 0 Å². The van der Waals surface area contributed by atoms with E-state index in [9.17, 15) is 0 Å². The molecule has 0 aliphatic carbocycles. The number of rotatable bonds is 4. The van der Waals surface area contributed by atoms with Gasteiger partial charge in [0.1, 0.15) is 23.0 Å². The van der Waals surface area contributed by atoms with Gasteiger partial charge in [-0.25, -0.2) is 0 Å². The molecule has 0 atom stereocenters. The van der Waals surface area contributed by atoms with Gasteiger partial charge in [0.2, 0.25) is 0 Å². The van der Waals surface area contributed by atoms with Crippen molar-refractivity contribution in [1.82, 2.24) is 0 Å². The van der Waals surface area contributed by atoms with Crippen LogP contribution in [-0.2, 0) is 46.0 Å². The third-order valence-electron chi connectivity index (χ3n) is 9.00. The van der Waals surface area contributed by atoms with E-state index in [1.807, 2.05) is 86.4 Å². The van der Waals surface area contributed by atoms with Gasteiger partial charge < -0.3 is 18.9 Å². The van der Waals surface area contributed by atoms with Crippen LogP contribution in [-0.4, -0.2) is 28.4 Å². The highest BCUT2D eigenvalue weighted by molar-refractivity contribution is 8.77. The minimum atomic E-state index is 0.878. The van der Waals surface area contributed by atoms with Crippen molar-refractivity contribution in [3.05, 3.63) is 115 Å². The van der Waals surface area contributed by atoms with Gasteiger partial charge >= 0.3 is 0 Å². The van der Waals surface area contributed by atoms with Crippen molar-refractivity contribution in [1.29, 1.82) is 0 Å². The fourth-order valence-electron chi connectivity index (χ4n) is 5.83. The molecule has 12 heteroatoms. The van der Waals surface area contributed by atoms with Crippen molar-refractivity contribution in [3.63, 3.8) is 0 Å². The fourth-order valence-corrected chi connectivity index (χ4v) is 14.7. The molecule has 280 valence electrons. The Morgan fingerprint density at radius 3 is 0.635 bits per heavy atom. The predicted molar refractivity (Wildman–Crippen MR) is 241 cm³/mol. The summed E-state index contributed by atoms with van der Waals surface area (Å²) in [6.07, 6.45) is 0. The van der Waals surface area contributed by atoms with E-state index in [0.29, 0.717) is 0 Å². The van der Waals surface area contributed by atoms with Gasteiger partial charge in [-0.1, -0.05) is 111 Å². The fraction of sp³-hybridized carbons (Fsp3) is 0.400. The maximum Gasteiger partial charge on any atom is 0.123 e. The van der Waals surface area contributed by atoms with E-state index in [2.05, 4.69) is 76.2 Å². The first-order valence-corrected chi connectivity index (χ1v) is 26.8. The van der Waals surface area contributed by atoms with Crippen LogP contribution in [0.25, 0.3) is 0 Å². The van der Waals surface area contributed by atoms with Crippen molar-refractivity contribution < 1.29 is 18.9 Å². The lowest BCUT2D eigenvalue weighted by molar-refractivity contribution is 0.410. The van der Waals surface area contributed by atoms with E-state index in [0.717, 1.165) is 69.0 Å². The standard InChI is InChI=1S/C40H48O4S8/c1-25-9-33-21-49-47-19-31-15-39(43-7)35(11-27(31)3)23-51-52-24-36-12-28(4)32(16-40(36)44-8)20-48-50-22-34-10-26(2)30(14-38(34)42-6)18-46-45-17-29(25)13-37(33)41-5/h9-16H,17-24H2,1-8H3. The van der Waals surface area contributed by atoms with Gasteiger partial charge in [0.05, 0.1) is 28.4 Å². The van der Waals surface area contributed by atoms with Gasteiger partial charge in [0.25, 0.3) is 0 Å². The van der Waals surface area contributed by atoms with Crippen LogP contribution in [0.2, 0.25) is 0 Å². The molecular weight excluding hydrogens is 801 g/mol. The molecule has 0 N–H and O–H groups in total. The van der Waals surface area contributed by atoms with Gasteiger partial charge in [0.15, 0.2) is 0 Å². The smallest absolute Gasteiger partial charge is 0.123 e. The zero-order chi connectivity index (χ0) is 37.0. The monoisotopic (exact) mass is 848 g/mol. The molecule has 10 aliphatic heterocycles. The van der Waals surface area contributed by atoms with E-state index in [1.54, 1.807) is 28.4 Å². The highest BCUT2D eigenvalue weighted by atomic mass is 33.1. The first-order valence-electron chi connectivity index (χ1n) is 16.9. The summed E-state index contributed by atoms with van der Waals surface area (Å²) < 4.78 is 23.5. The molecule has 10 heterocycles. The van der Waals surface area contributed by atoms with Gasteiger partial charge in [-0.15, -0.1) is 0 Å². The van der Waals surface area contributed by atoms with E-state index >= 15 is 0 Å². The van der Waals surface area contributed by atoms with Crippen LogP contribution in [0.1, 0.15) is 66.8 Å². The lowest BCUT2D eigenvalue weighted by Crippen LogP contribution is -1.97. The van der Waals surface area contributed by atoms with Gasteiger partial charge in [0, 0.05) is 68.3 Å². The summed E-state index contributed by atoms with van der Waals surface area (Å²) in [6, 6.07) is 18.2. The number of benzene rings is 4. The summed E-state index contributed by atoms with van der Waals surface area (Å²) in [4.78, 5) is 0. The third kappa shape index (κ3) is 11.5. The van der Waals surface area contributed by atoms with Gasteiger partial charge in [-0.05, 0) is 96.5 Å². The minimum absolute atomic E-state index is 0.878. The van der Waals surface area contributed by atoms with E-state index in [4.69, 9.17) is 18.9 Å². The van der Waals surface area contributed by atoms with E-state index in [-0.39, 0.29) is 0 Å². The molecule has 4 aromatic rings. The molecule has 10 aliphatic rings. The molecule has 4 aromatic carbocycles. The first-order chi connectivity index (χ1) is 25.2. The van der Waals surface area contributed by atoms with Crippen LogP contribution >= 0.6 is 86.4 Å². The Morgan fingerprint density at radius 2 is 0.462 bits per heavy atom. The molecule has 0 amide bonds. The molecular formula is C40H48O4S8. The summed E-state index contributed by atoms with van der Waals surface area (Å²) in [5.74, 6) is 11.1. The second-order valence-corrected chi connectivity index (χ2v) is 22.3. The molecule has 4 nitrogen and oxygen atoms in total. The zero-order valence-electron chi connectivity index (χ0n) is 31.2. The molecule has 0 radical (unpaired) electrons. The predicted octanol–water partition coefficient (Wildman–Crippen LogP) is 13.6. The molecule has 0 saturated heterocycles. The molecule has 8 bridgehead atoms. The number of ether oxygens (including phenoxy) is 4. The Balaban J connectivity index is 1.34. The summed E-state index contributed by atoms with van der Waals surface area (Å²) in [5.41, 5.74) is 15.5. The summed E-state index contributed by atoms with van der Waals surface area (Å²) >= 11 is 0. The molecule has 0 saturated carbocycles. The van der Waals surface area contributed by atoms with Crippen molar-refractivity contribution in [2.45, 2.75) is 73.7 Å². The maximum atomic E-state index is 5.88. The Labute approximate surface area is 342 Å². The van der Waals surface area contributed by atoms with Crippen LogP contribution in [0.4, 0.5) is 0 Å². The van der Waals surface area contributed by atoms with Crippen LogP contribution < -0.4 is 18.9 Å². The van der Waals surface area contributed by atoms with Crippen LogP contribution in [0.5, 0.6) is 23.0 Å². The maximum absolute atomic E-state index is 5.88. The van der Waals surface area contributed by atoms with Crippen LogP contribution in [0.3, 0.4) is 0 Å². The molecule has 0 spiro atoms. The Hall–Kier alpha value is -1.12. The normalized spacial score (nSPS) is 15.2. The minimum Gasteiger partial charge on any atom is -0.496 e.